The van der Waals surface area contributed by atoms with Crippen LogP contribution in [-0.4, -0.2) is 61.1 Å². The van der Waals surface area contributed by atoms with Gasteiger partial charge < -0.3 is 19.3 Å². The summed E-state index contributed by atoms with van der Waals surface area (Å²) in [6.45, 7) is 2.14. The van der Waals surface area contributed by atoms with Crippen LogP contribution in [-0.2, 0) is 27.3 Å². The third-order valence-electron chi connectivity index (χ3n) is 6.29. The zero-order valence-electron chi connectivity index (χ0n) is 18.0. The molecular formula is C25H30N2O4. The summed E-state index contributed by atoms with van der Waals surface area (Å²) in [6.07, 6.45) is 3.03. The summed E-state index contributed by atoms with van der Waals surface area (Å²) in [5.41, 5.74) is 2.32. The van der Waals surface area contributed by atoms with Gasteiger partial charge in [0.05, 0.1) is 13.7 Å². The Bertz CT molecular complexity index is 876. The largest absolute Gasteiger partial charge is 0.497 e. The second-order valence-corrected chi connectivity index (χ2v) is 8.36. The van der Waals surface area contributed by atoms with Crippen LogP contribution < -0.4 is 4.74 Å². The number of carbonyl (C=O) groups is 2. The summed E-state index contributed by atoms with van der Waals surface area (Å²) in [4.78, 5) is 29.5. The van der Waals surface area contributed by atoms with E-state index in [2.05, 4.69) is 24.3 Å². The average Bonchev–Trinajstić information content (AvgIpc) is 2.81. The molecule has 0 saturated carbocycles. The molecule has 2 aliphatic heterocycles. The molecule has 6 heteroatoms. The molecule has 0 bridgehead atoms. The molecule has 31 heavy (non-hydrogen) atoms. The summed E-state index contributed by atoms with van der Waals surface area (Å²) in [6, 6.07) is 17.6. The predicted molar refractivity (Wildman–Crippen MR) is 118 cm³/mol. The monoisotopic (exact) mass is 422 g/mol. The Morgan fingerprint density at radius 2 is 1.74 bits per heavy atom. The lowest BCUT2D eigenvalue weighted by atomic mass is 9.90. The van der Waals surface area contributed by atoms with Crippen LogP contribution in [0.15, 0.2) is 54.6 Å². The predicted octanol–water partition coefficient (Wildman–Crippen LogP) is 2.90. The molecule has 2 saturated heterocycles. The molecule has 0 spiro atoms. The van der Waals surface area contributed by atoms with Gasteiger partial charge in [0.25, 0.3) is 0 Å². The van der Waals surface area contributed by atoms with E-state index >= 15 is 0 Å². The molecule has 4 rings (SSSR count). The van der Waals surface area contributed by atoms with Crippen molar-refractivity contribution in [3.63, 3.8) is 0 Å². The van der Waals surface area contributed by atoms with E-state index < -0.39 is 6.04 Å². The molecule has 2 aromatic rings. The van der Waals surface area contributed by atoms with Crippen molar-refractivity contribution in [1.82, 2.24) is 9.80 Å². The maximum atomic E-state index is 13.3. The second-order valence-electron chi connectivity index (χ2n) is 8.36. The summed E-state index contributed by atoms with van der Waals surface area (Å²) < 4.78 is 10.7. The van der Waals surface area contributed by atoms with Crippen LogP contribution in [0.4, 0.5) is 0 Å². The Morgan fingerprint density at radius 3 is 2.42 bits per heavy atom. The average molecular weight is 423 g/mol. The topological polar surface area (TPSA) is 59.1 Å². The minimum absolute atomic E-state index is 0.000257. The lowest BCUT2D eigenvalue weighted by molar-refractivity contribution is -0.160. The maximum absolute atomic E-state index is 13.3. The lowest BCUT2D eigenvalue weighted by Crippen LogP contribution is -2.57. The van der Waals surface area contributed by atoms with E-state index in [1.54, 1.807) is 12.0 Å². The number of likely N-dealkylation sites (tertiary alicyclic amines) is 1. The van der Waals surface area contributed by atoms with Crippen molar-refractivity contribution >= 4 is 11.8 Å². The van der Waals surface area contributed by atoms with E-state index in [0.29, 0.717) is 12.5 Å². The van der Waals surface area contributed by atoms with Gasteiger partial charge in [-0.2, -0.15) is 0 Å². The second kappa shape index (κ2) is 9.96. The molecule has 0 aliphatic carbocycles. The minimum atomic E-state index is -0.561. The van der Waals surface area contributed by atoms with Crippen molar-refractivity contribution in [2.45, 2.75) is 31.8 Å². The van der Waals surface area contributed by atoms with Crippen molar-refractivity contribution in [3.05, 3.63) is 65.7 Å². The van der Waals surface area contributed by atoms with E-state index in [1.807, 2.05) is 35.2 Å². The van der Waals surface area contributed by atoms with E-state index in [4.69, 9.17) is 9.47 Å². The molecule has 2 aliphatic rings. The SMILES string of the molecule is COc1ccc(CN2C(=O)COC[C@H]2C(=O)N2CCC(Cc3ccccc3)CC2)cc1. The summed E-state index contributed by atoms with van der Waals surface area (Å²) in [7, 11) is 1.62. The van der Waals surface area contributed by atoms with Crippen molar-refractivity contribution in [1.29, 1.82) is 0 Å². The maximum Gasteiger partial charge on any atom is 0.249 e. The molecule has 0 N–H and O–H groups in total. The van der Waals surface area contributed by atoms with Gasteiger partial charge in [-0.3, -0.25) is 9.59 Å². The van der Waals surface area contributed by atoms with Gasteiger partial charge in [-0.1, -0.05) is 42.5 Å². The first-order valence-corrected chi connectivity index (χ1v) is 11.0. The normalized spacial score (nSPS) is 20.0. The number of ether oxygens (including phenoxy) is 2. The van der Waals surface area contributed by atoms with Gasteiger partial charge in [0.15, 0.2) is 0 Å². The van der Waals surface area contributed by atoms with E-state index in [0.717, 1.165) is 43.7 Å². The van der Waals surface area contributed by atoms with Crippen LogP contribution in [0, 0.1) is 5.92 Å². The molecule has 0 unspecified atom stereocenters. The number of amides is 2. The van der Waals surface area contributed by atoms with Crippen molar-refractivity contribution in [2.75, 3.05) is 33.4 Å². The van der Waals surface area contributed by atoms with Crippen molar-refractivity contribution in [2.24, 2.45) is 5.92 Å². The fraction of sp³-hybridized carbons (Fsp3) is 0.440. The zero-order chi connectivity index (χ0) is 21.6. The first kappa shape index (κ1) is 21.4. The first-order valence-electron chi connectivity index (χ1n) is 11.0. The van der Waals surface area contributed by atoms with Crippen molar-refractivity contribution < 1.29 is 19.1 Å². The fourth-order valence-electron chi connectivity index (χ4n) is 4.45. The molecule has 2 heterocycles. The fourth-order valence-corrected chi connectivity index (χ4v) is 4.45. The lowest BCUT2D eigenvalue weighted by Gasteiger charge is -2.39. The van der Waals surface area contributed by atoms with Gasteiger partial charge in [-0.05, 0) is 48.4 Å². The van der Waals surface area contributed by atoms with Crippen LogP contribution in [0.1, 0.15) is 24.0 Å². The van der Waals surface area contributed by atoms with Gasteiger partial charge in [0, 0.05) is 19.6 Å². The third kappa shape index (κ3) is 5.25. The number of rotatable bonds is 6. The van der Waals surface area contributed by atoms with Gasteiger partial charge in [-0.15, -0.1) is 0 Å². The summed E-state index contributed by atoms with van der Waals surface area (Å²) >= 11 is 0. The van der Waals surface area contributed by atoms with Gasteiger partial charge >= 0.3 is 0 Å². The Hall–Kier alpha value is -2.86. The van der Waals surface area contributed by atoms with Gasteiger partial charge in [0.1, 0.15) is 18.4 Å². The number of morpholine rings is 1. The number of hydrogen-bond acceptors (Lipinski definition) is 4. The standard InChI is InChI=1S/C25H30N2O4/c1-30-22-9-7-21(8-10-22)16-27-23(17-31-18-24(27)28)25(29)26-13-11-20(12-14-26)15-19-5-3-2-4-6-19/h2-10,20,23H,11-18H2,1H3/t23-/m0/s1. The van der Waals surface area contributed by atoms with Crippen LogP contribution in [0.25, 0.3) is 0 Å². The van der Waals surface area contributed by atoms with E-state index in [9.17, 15) is 9.59 Å². The van der Waals surface area contributed by atoms with Crippen molar-refractivity contribution in [3.8, 4) is 5.75 Å². The van der Waals surface area contributed by atoms with Gasteiger partial charge in [-0.25, -0.2) is 0 Å². The Labute approximate surface area is 183 Å². The van der Waals surface area contributed by atoms with Gasteiger partial charge in [0.2, 0.25) is 11.8 Å². The highest BCUT2D eigenvalue weighted by molar-refractivity contribution is 5.89. The number of piperidine rings is 1. The smallest absolute Gasteiger partial charge is 0.249 e. The number of nitrogens with zero attached hydrogens (tertiary/aromatic N) is 2. The summed E-state index contributed by atoms with van der Waals surface area (Å²) in [5, 5.41) is 0. The number of benzene rings is 2. The quantitative estimate of drug-likeness (QED) is 0.718. The van der Waals surface area contributed by atoms with E-state index in [1.165, 1.54) is 5.56 Å². The zero-order valence-corrected chi connectivity index (χ0v) is 18.0. The number of hydrogen-bond donors (Lipinski definition) is 0. The molecule has 1 atom stereocenters. The first-order chi connectivity index (χ1) is 15.1. The molecule has 2 fully saturated rings. The molecule has 6 nitrogen and oxygen atoms in total. The molecule has 2 aromatic carbocycles. The number of methoxy groups -OCH3 is 1. The van der Waals surface area contributed by atoms with E-state index in [-0.39, 0.29) is 25.0 Å². The minimum Gasteiger partial charge on any atom is -0.497 e. The molecule has 0 aromatic heterocycles. The molecule has 2 amide bonds. The number of carbonyl (C=O) groups excluding carboxylic acids is 2. The van der Waals surface area contributed by atoms with Crippen LogP contribution >= 0.6 is 0 Å². The molecular weight excluding hydrogens is 392 g/mol. The summed E-state index contributed by atoms with van der Waals surface area (Å²) in [5.74, 6) is 1.22. The van der Waals surface area contributed by atoms with Crippen LogP contribution in [0.5, 0.6) is 5.75 Å². The Balaban J connectivity index is 1.37. The third-order valence-corrected chi connectivity index (χ3v) is 6.29. The molecule has 0 radical (unpaired) electrons. The highest BCUT2D eigenvalue weighted by Crippen LogP contribution is 2.24. The Morgan fingerprint density at radius 1 is 1.03 bits per heavy atom. The Kier molecular flexibility index (Phi) is 6.87. The highest BCUT2D eigenvalue weighted by Gasteiger charge is 2.37. The highest BCUT2D eigenvalue weighted by atomic mass is 16.5. The van der Waals surface area contributed by atoms with Crippen LogP contribution in [0.2, 0.25) is 0 Å². The molecule has 164 valence electrons. The van der Waals surface area contributed by atoms with Crippen LogP contribution in [0.3, 0.4) is 0 Å².